The summed E-state index contributed by atoms with van der Waals surface area (Å²) < 4.78 is 0. The smallest absolute Gasteiger partial charge is 0.323 e. The van der Waals surface area contributed by atoms with Gasteiger partial charge in [0.15, 0.2) is 5.17 Å². The molecular weight excluding hydrogens is 520 g/mol. The number of amidine groups is 1. The number of carboxylic acids is 1. The molecule has 2 amide bonds. The van der Waals surface area contributed by atoms with Crippen LogP contribution in [0.3, 0.4) is 0 Å². The number of fused-ring (bicyclic) bond motifs is 1. The van der Waals surface area contributed by atoms with Gasteiger partial charge in [-0.1, -0.05) is 67.8 Å². The molecular formula is C28H24N4O4S2. The van der Waals surface area contributed by atoms with Crippen LogP contribution in [0.15, 0.2) is 69.9 Å². The highest BCUT2D eigenvalue weighted by Gasteiger charge is 2.45. The van der Waals surface area contributed by atoms with E-state index < -0.39 is 18.4 Å². The minimum atomic E-state index is -1.12. The molecule has 0 bridgehead atoms. The summed E-state index contributed by atoms with van der Waals surface area (Å²) in [5.74, 6) is -1.85. The summed E-state index contributed by atoms with van der Waals surface area (Å²) in [4.78, 5) is 51.7. The molecule has 6 rings (SSSR count). The van der Waals surface area contributed by atoms with Crippen LogP contribution in [-0.4, -0.2) is 50.5 Å². The number of aliphatic imine (C=N–C) groups is 1. The third-order valence-corrected chi connectivity index (χ3v) is 8.74. The number of rotatable bonds is 5. The van der Waals surface area contributed by atoms with Crippen molar-refractivity contribution < 1.29 is 19.5 Å². The Morgan fingerprint density at radius 2 is 1.74 bits per heavy atom. The number of carboxylic acid groups (broad SMARTS) is 1. The van der Waals surface area contributed by atoms with Crippen molar-refractivity contribution in [3.63, 3.8) is 0 Å². The molecule has 1 aliphatic carbocycles. The number of para-hydroxylation sites is 1. The predicted octanol–water partition coefficient (Wildman–Crippen LogP) is 5.55. The lowest BCUT2D eigenvalue weighted by Crippen LogP contribution is -2.40. The van der Waals surface area contributed by atoms with Crippen LogP contribution in [0.1, 0.15) is 37.7 Å². The van der Waals surface area contributed by atoms with E-state index in [1.165, 1.54) is 28.0 Å². The van der Waals surface area contributed by atoms with Crippen molar-refractivity contribution in [2.24, 2.45) is 4.99 Å². The van der Waals surface area contributed by atoms with Crippen molar-refractivity contribution in [1.29, 1.82) is 0 Å². The third-order valence-electron chi connectivity index (χ3n) is 6.95. The predicted molar refractivity (Wildman–Crippen MR) is 149 cm³/mol. The van der Waals surface area contributed by atoms with E-state index in [0.717, 1.165) is 43.4 Å². The second-order valence-electron chi connectivity index (χ2n) is 9.35. The van der Waals surface area contributed by atoms with E-state index in [1.54, 1.807) is 29.2 Å². The summed E-state index contributed by atoms with van der Waals surface area (Å²) in [5, 5.41) is 12.4. The van der Waals surface area contributed by atoms with Crippen LogP contribution in [0.4, 0.5) is 10.8 Å². The van der Waals surface area contributed by atoms with E-state index in [0.29, 0.717) is 26.5 Å². The molecule has 1 saturated heterocycles. The summed E-state index contributed by atoms with van der Waals surface area (Å²) in [7, 11) is 0. The van der Waals surface area contributed by atoms with E-state index in [9.17, 15) is 19.5 Å². The maximum absolute atomic E-state index is 14.0. The molecule has 1 N–H and O–H groups in total. The van der Waals surface area contributed by atoms with Gasteiger partial charge in [-0.05, 0) is 30.7 Å². The molecule has 0 radical (unpaired) electrons. The topological polar surface area (TPSA) is 103 Å². The van der Waals surface area contributed by atoms with Crippen molar-refractivity contribution in [3.8, 4) is 11.3 Å². The van der Waals surface area contributed by atoms with E-state index in [-0.39, 0.29) is 17.5 Å². The van der Waals surface area contributed by atoms with Crippen LogP contribution in [0.25, 0.3) is 16.8 Å². The van der Waals surface area contributed by atoms with Gasteiger partial charge in [-0.2, -0.15) is 4.99 Å². The number of hydrogen-bond acceptors (Lipinski definition) is 7. The van der Waals surface area contributed by atoms with Crippen LogP contribution in [0.5, 0.6) is 0 Å². The molecule has 3 aliphatic rings. The number of carbonyl (C=O) groups is 3. The number of nitrogens with zero attached hydrogens (tertiary/aromatic N) is 4. The minimum absolute atomic E-state index is 0.00368. The normalized spacial score (nSPS) is 21.0. The molecule has 0 spiro atoms. The summed E-state index contributed by atoms with van der Waals surface area (Å²) >= 11 is 2.59. The van der Waals surface area contributed by atoms with Gasteiger partial charge in [0, 0.05) is 22.5 Å². The molecule has 0 unspecified atom stereocenters. The summed E-state index contributed by atoms with van der Waals surface area (Å²) in [6, 6.07) is 16.9. The first-order valence-electron chi connectivity index (χ1n) is 12.5. The zero-order chi connectivity index (χ0) is 26.2. The van der Waals surface area contributed by atoms with Crippen molar-refractivity contribution in [1.82, 2.24) is 9.88 Å². The third kappa shape index (κ3) is 4.43. The molecule has 1 saturated carbocycles. The van der Waals surface area contributed by atoms with Crippen LogP contribution in [0.2, 0.25) is 0 Å². The lowest BCUT2D eigenvalue weighted by Gasteiger charge is -2.30. The Labute approximate surface area is 227 Å². The molecule has 2 aromatic carbocycles. The summed E-state index contributed by atoms with van der Waals surface area (Å²) in [5.41, 5.74) is 3.12. The maximum Gasteiger partial charge on any atom is 0.323 e. The van der Waals surface area contributed by atoms with Gasteiger partial charge in [-0.3, -0.25) is 24.2 Å². The first-order valence-corrected chi connectivity index (χ1v) is 14.2. The largest absolute Gasteiger partial charge is 0.480 e. The second kappa shape index (κ2) is 10.2. The highest BCUT2D eigenvalue weighted by atomic mass is 32.2. The lowest BCUT2D eigenvalue weighted by atomic mass is 9.94. The zero-order valence-corrected chi connectivity index (χ0v) is 22.0. The number of carbonyl (C=O) groups excluding carboxylic acids is 2. The molecule has 3 aromatic rings. The highest BCUT2D eigenvalue weighted by molar-refractivity contribution is 8.18. The van der Waals surface area contributed by atoms with E-state index in [2.05, 4.69) is 0 Å². The number of aliphatic carboxylic acids is 1. The van der Waals surface area contributed by atoms with Gasteiger partial charge in [0.2, 0.25) is 5.13 Å². The number of thioether (sulfide) groups is 1. The van der Waals surface area contributed by atoms with E-state index in [1.807, 2.05) is 35.7 Å². The minimum Gasteiger partial charge on any atom is -0.480 e. The Balaban J connectivity index is 1.43. The number of amides is 2. The first-order chi connectivity index (χ1) is 18.5. The van der Waals surface area contributed by atoms with Crippen molar-refractivity contribution in [2.75, 3.05) is 11.4 Å². The van der Waals surface area contributed by atoms with Gasteiger partial charge < -0.3 is 5.11 Å². The molecule has 2 fully saturated rings. The van der Waals surface area contributed by atoms with E-state index >= 15 is 0 Å². The van der Waals surface area contributed by atoms with Crippen molar-refractivity contribution in [2.45, 2.75) is 38.1 Å². The van der Waals surface area contributed by atoms with Crippen molar-refractivity contribution >= 4 is 62.4 Å². The number of anilines is 1. The first kappa shape index (κ1) is 24.6. The van der Waals surface area contributed by atoms with Gasteiger partial charge in [0.05, 0.1) is 21.9 Å². The van der Waals surface area contributed by atoms with Gasteiger partial charge >= 0.3 is 5.97 Å². The lowest BCUT2D eigenvalue weighted by molar-refractivity contribution is -0.136. The van der Waals surface area contributed by atoms with Crippen molar-refractivity contribution in [3.05, 3.63) is 70.4 Å². The van der Waals surface area contributed by atoms with Gasteiger partial charge in [0.25, 0.3) is 11.8 Å². The molecule has 38 heavy (non-hydrogen) atoms. The fourth-order valence-electron chi connectivity index (χ4n) is 5.21. The average molecular weight is 545 g/mol. The van der Waals surface area contributed by atoms with Gasteiger partial charge in [-0.25, -0.2) is 4.98 Å². The van der Waals surface area contributed by atoms with Crippen LogP contribution < -0.4 is 4.90 Å². The molecule has 1 aromatic heterocycles. The average Bonchev–Trinajstić information content (AvgIpc) is 3.60. The van der Waals surface area contributed by atoms with Crippen LogP contribution in [0, 0.1) is 0 Å². The SMILES string of the molecule is O=C(O)CN1C(=O)/C(=C2\S/C(=N/c3nc(-c4ccccc4)cs3)N(C3CCCCC3)C2=O)c2ccccc21. The fraction of sp³-hybridized carbons (Fsp3) is 0.250. The van der Waals surface area contributed by atoms with Crippen LogP contribution in [-0.2, 0) is 14.4 Å². The summed E-state index contributed by atoms with van der Waals surface area (Å²) in [6.07, 6.45) is 4.94. The Kier molecular flexibility index (Phi) is 6.59. The summed E-state index contributed by atoms with van der Waals surface area (Å²) in [6.45, 7) is -0.472. The standard InChI is InChI=1S/C28H24N4O4S2/c33-22(34)15-31-21-14-8-7-13-19(21)23(25(31)35)24-26(36)32(18-11-5-2-6-12-18)28(38-24)30-27-29-20(16-37-27)17-9-3-1-4-10-17/h1,3-4,7-10,13-14,16,18H,2,5-6,11-12,15H2,(H,33,34)/b24-23-,30-28+. The van der Waals surface area contributed by atoms with Gasteiger partial charge in [-0.15, -0.1) is 11.3 Å². The molecule has 8 nitrogen and oxygen atoms in total. The highest BCUT2D eigenvalue weighted by Crippen LogP contribution is 2.46. The Morgan fingerprint density at radius 1 is 1.00 bits per heavy atom. The quantitative estimate of drug-likeness (QED) is 0.423. The van der Waals surface area contributed by atoms with Crippen LogP contribution >= 0.6 is 23.1 Å². The Bertz CT molecular complexity index is 1490. The number of thiazole rings is 1. The number of aromatic nitrogens is 1. The maximum atomic E-state index is 14.0. The molecule has 10 heteroatoms. The Morgan fingerprint density at radius 3 is 2.50 bits per heavy atom. The second-order valence-corrected chi connectivity index (χ2v) is 11.2. The molecule has 3 heterocycles. The van der Waals surface area contributed by atoms with Gasteiger partial charge in [0.1, 0.15) is 6.54 Å². The molecule has 0 atom stereocenters. The molecule has 2 aliphatic heterocycles. The Hall–Kier alpha value is -3.76. The number of hydrogen-bond donors (Lipinski definition) is 1. The zero-order valence-electron chi connectivity index (χ0n) is 20.4. The fourth-order valence-corrected chi connectivity index (χ4v) is 7.09. The number of benzene rings is 2. The van der Waals surface area contributed by atoms with E-state index in [4.69, 9.17) is 9.98 Å². The monoisotopic (exact) mass is 544 g/mol. The molecule has 192 valence electrons.